The second-order valence-corrected chi connectivity index (χ2v) is 4.05. The Labute approximate surface area is 87.0 Å². The summed E-state index contributed by atoms with van der Waals surface area (Å²) < 4.78 is 0. The van der Waals surface area contributed by atoms with E-state index in [1.807, 2.05) is 0 Å². The predicted molar refractivity (Wildman–Crippen MR) is 59.3 cm³/mol. The SMILES string of the molecule is C=C(CCCCC(C)CCC)C(=O)O. The summed E-state index contributed by atoms with van der Waals surface area (Å²) in [6.07, 6.45) is 6.43. The van der Waals surface area contributed by atoms with Crippen molar-refractivity contribution in [2.75, 3.05) is 0 Å². The average Bonchev–Trinajstić information content (AvgIpc) is 2.12. The fraction of sp³-hybridized carbons (Fsp3) is 0.750. The first-order chi connectivity index (χ1) is 6.57. The van der Waals surface area contributed by atoms with E-state index in [0.29, 0.717) is 12.0 Å². The Morgan fingerprint density at radius 3 is 2.50 bits per heavy atom. The van der Waals surface area contributed by atoms with Crippen LogP contribution in [0, 0.1) is 5.92 Å². The number of unbranched alkanes of at least 4 members (excludes halogenated alkanes) is 1. The molecule has 0 fully saturated rings. The van der Waals surface area contributed by atoms with Crippen LogP contribution in [0.25, 0.3) is 0 Å². The Bertz CT molecular complexity index is 185. The first-order valence-corrected chi connectivity index (χ1v) is 5.49. The molecule has 1 N–H and O–H groups in total. The van der Waals surface area contributed by atoms with Gasteiger partial charge < -0.3 is 5.11 Å². The van der Waals surface area contributed by atoms with Gasteiger partial charge in [0.05, 0.1) is 0 Å². The van der Waals surface area contributed by atoms with Crippen molar-refractivity contribution in [1.82, 2.24) is 0 Å². The Balaban J connectivity index is 3.37. The maximum absolute atomic E-state index is 10.4. The zero-order valence-corrected chi connectivity index (χ0v) is 9.38. The molecule has 0 spiro atoms. The van der Waals surface area contributed by atoms with E-state index in [1.54, 1.807) is 0 Å². The number of carboxylic acids is 1. The topological polar surface area (TPSA) is 37.3 Å². The molecule has 82 valence electrons. The van der Waals surface area contributed by atoms with Crippen LogP contribution in [0.15, 0.2) is 12.2 Å². The second-order valence-electron chi connectivity index (χ2n) is 4.05. The third kappa shape index (κ3) is 6.70. The van der Waals surface area contributed by atoms with E-state index in [-0.39, 0.29) is 0 Å². The molecular formula is C12H22O2. The highest BCUT2D eigenvalue weighted by Crippen LogP contribution is 2.15. The summed E-state index contributed by atoms with van der Waals surface area (Å²) in [4.78, 5) is 10.4. The van der Waals surface area contributed by atoms with Gasteiger partial charge in [0.1, 0.15) is 0 Å². The molecule has 0 heterocycles. The summed E-state index contributed by atoms with van der Waals surface area (Å²) in [5.41, 5.74) is 0.341. The molecule has 0 aromatic rings. The van der Waals surface area contributed by atoms with Gasteiger partial charge in [0, 0.05) is 5.57 Å². The maximum atomic E-state index is 10.4. The number of carbonyl (C=O) groups is 1. The third-order valence-corrected chi connectivity index (χ3v) is 2.51. The van der Waals surface area contributed by atoms with Crippen LogP contribution in [0.3, 0.4) is 0 Å². The van der Waals surface area contributed by atoms with Crippen molar-refractivity contribution in [2.45, 2.75) is 52.4 Å². The van der Waals surface area contributed by atoms with Gasteiger partial charge in [-0.25, -0.2) is 4.79 Å². The Morgan fingerprint density at radius 2 is 2.00 bits per heavy atom. The average molecular weight is 198 g/mol. The summed E-state index contributed by atoms with van der Waals surface area (Å²) in [6, 6.07) is 0. The van der Waals surface area contributed by atoms with Crippen LogP contribution in [0.2, 0.25) is 0 Å². The molecule has 0 rings (SSSR count). The molecule has 0 aliphatic rings. The number of hydrogen-bond donors (Lipinski definition) is 1. The van der Waals surface area contributed by atoms with E-state index in [0.717, 1.165) is 18.8 Å². The van der Waals surface area contributed by atoms with Crippen LogP contribution >= 0.6 is 0 Å². The van der Waals surface area contributed by atoms with Gasteiger partial charge >= 0.3 is 5.97 Å². The van der Waals surface area contributed by atoms with E-state index >= 15 is 0 Å². The molecule has 14 heavy (non-hydrogen) atoms. The van der Waals surface area contributed by atoms with Crippen LogP contribution in [-0.4, -0.2) is 11.1 Å². The Kier molecular flexibility index (Phi) is 7.17. The van der Waals surface area contributed by atoms with Crippen molar-refractivity contribution >= 4 is 5.97 Å². The summed E-state index contributed by atoms with van der Waals surface area (Å²) in [5.74, 6) is -0.0790. The summed E-state index contributed by atoms with van der Waals surface area (Å²) in [5, 5.41) is 8.58. The normalized spacial score (nSPS) is 12.4. The van der Waals surface area contributed by atoms with Gasteiger partial charge in [-0.1, -0.05) is 46.1 Å². The minimum absolute atomic E-state index is 0.341. The van der Waals surface area contributed by atoms with Gasteiger partial charge in [-0.3, -0.25) is 0 Å². The smallest absolute Gasteiger partial charge is 0.330 e. The van der Waals surface area contributed by atoms with Crippen molar-refractivity contribution in [1.29, 1.82) is 0 Å². The van der Waals surface area contributed by atoms with Gasteiger partial charge in [0.2, 0.25) is 0 Å². The number of aliphatic carboxylic acids is 1. The largest absolute Gasteiger partial charge is 0.478 e. The van der Waals surface area contributed by atoms with Gasteiger partial charge in [0.15, 0.2) is 0 Å². The quantitative estimate of drug-likeness (QED) is 0.477. The second kappa shape index (κ2) is 7.60. The molecule has 0 radical (unpaired) electrons. The summed E-state index contributed by atoms with van der Waals surface area (Å²) >= 11 is 0. The lowest BCUT2D eigenvalue weighted by Gasteiger charge is -2.08. The minimum atomic E-state index is -0.855. The molecule has 0 aliphatic carbocycles. The molecule has 1 unspecified atom stereocenters. The first-order valence-electron chi connectivity index (χ1n) is 5.49. The van der Waals surface area contributed by atoms with E-state index in [4.69, 9.17) is 5.11 Å². The zero-order chi connectivity index (χ0) is 11.0. The van der Waals surface area contributed by atoms with Crippen molar-refractivity contribution in [2.24, 2.45) is 5.92 Å². The molecule has 0 aromatic heterocycles. The van der Waals surface area contributed by atoms with Gasteiger partial charge in [-0.2, -0.15) is 0 Å². The van der Waals surface area contributed by atoms with E-state index in [1.165, 1.54) is 19.3 Å². The maximum Gasteiger partial charge on any atom is 0.330 e. The predicted octanol–water partition coefficient (Wildman–Crippen LogP) is 3.62. The Hall–Kier alpha value is -0.790. The number of rotatable bonds is 8. The molecule has 2 heteroatoms. The van der Waals surface area contributed by atoms with Gasteiger partial charge in [-0.15, -0.1) is 0 Å². The van der Waals surface area contributed by atoms with Crippen molar-refractivity contribution < 1.29 is 9.90 Å². The van der Waals surface area contributed by atoms with Crippen LogP contribution in [0.4, 0.5) is 0 Å². The van der Waals surface area contributed by atoms with Crippen LogP contribution in [0.1, 0.15) is 52.4 Å². The highest BCUT2D eigenvalue weighted by atomic mass is 16.4. The lowest BCUT2D eigenvalue weighted by Crippen LogP contribution is -1.99. The van der Waals surface area contributed by atoms with E-state index in [9.17, 15) is 4.79 Å². The number of hydrogen-bond acceptors (Lipinski definition) is 1. The molecule has 0 aliphatic heterocycles. The van der Waals surface area contributed by atoms with Gasteiger partial charge in [-0.05, 0) is 18.8 Å². The van der Waals surface area contributed by atoms with Crippen molar-refractivity contribution in [3.8, 4) is 0 Å². The number of carboxylic acid groups (broad SMARTS) is 1. The lowest BCUT2D eigenvalue weighted by molar-refractivity contribution is -0.132. The molecule has 1 atom stereocenters. The zero-order valence-electron chi connectivity index (χ0n) is 9.38. The standard InChI is InChI=1S/C12H22O2/c1-4-7-10(2)8-5-6-9-11(3)12(13)14/h10H,3-9H2,1-2H3,(H,13,14). The summed E-state index contributed by atoms with van der Waals surface area (Å²) in [6.45, 7) is 7.96. The van der Waals surface area contributed by atoms with Crippen LogP contribution in [0.5, 0.6) is 0 Å². The highest BCUT2D eigenvalue weighted by Gasteiger charge is 2.04. The molecule has 0 bridgehead atoms. The van der Waals surface area contributed by atoms with Crippen LogP contribution in [-0.2, 0) is 4.79 Å². The third-order valence-electron chi connectivity index (χ3n) is 2.51. The van der Waals surface area contributed by atoms with Crippen molar-refractivity contribution in [3.05, 3.63) is 12.2 Å². The van der Waals surface area contributed by atoms with Crippen LogP contribution < -0.4 is 0 Å². The fourth-order valence-electron chi connectivity index (χ4n) is 1.58. The Morgan fingerprint density at radius 1 is 1.36 bits per heavy atom. The monoisotopic (exact) mass is 198 g/mol. The molecule has 2 nitrogen and oxygen atoms in total. The molecule has 0 amide bonds. The molecular weight excluding hydrogens is 176 g/mol. The first kappa shape index (κ1) is 13.2. The van der Waals surface area contributed by atoms with E-state index < -0.39 is 5.97 Å². The summed E-state index contributed by atoms with van der Waals surface area (Å²) in [7, 11) is 0. The van der Waals surface area contributed by atoms with Gasteiger partial charge in [0.25, 0.3) is 0 Å². The fourth-order valence-corrected chi connectivity index (χ4v) is 1.58. The molecule has 0 saturated heterocycles. The molecule has 0 aromatic carbocycles. The lowest BCUT2D eigenvalue weighted by atomic mass is 9.98. The van der Waals surface area contributed by atoms with Crippen molar-refractivity contribution in [3.63, 3.8) is 0 Å². The van der Waals surface area contributed by atoms with E-state index in [2.05, 4.69) is 20.4 Å². The minimum Gasteiger partial charge on any atom is -0.478 e. The molecule has 0 saturated carbocycles. The highest BCUT2D eigenvalue weighted by molar-refractivity contribution is 5.85.